The summed E-state index contributed by atoms with van der Waals surface area (Å²) < 4.78 is 31.6. The van der Waals surface area contributed by atoms with E-state index >= 15 is 0 Å². The molecule has 4 nitrogen and oxygen atoms in total. The number of fused-ring (bicyclic) bond motifs is 1. The summed E-state index contributed by atoms with van der Waals surface area (Å²) in [7, 11) is 0. The van der Waals surface area contributed by atoms with Crippen LogP contribution in [0, 0.1) is 19.7 Å². The van der Waals surface area contributed by atoms with Gasteiger partial charge < -0.3 is 19.9 Å². The third-order valence-corrected chi connectivity index (χ3v) is 3.97. The highest BCUT2D eigenvalue weighted by Crippen LogP contribution is 2.41. The van der Waals surface area contributed by atoms with E-state index in [0.717, 1.165) is 11.1 Å². The van der Waals surface area contributed by atoms with Crippen molar-refractivity contribution in [2.75, 3.05) is 18.9 Å². The second-order valence-corrected chi connectivity index (χ2v) is 5.79. The zero-order valence-corrected chi connectivity index (χ0v) is 14.3. The van der Waals surface area contributed by atoms with Crippen molar-refractivity contribution in [2.24, 2.45) is 0 Å². The summed E-state index contributed by atoms with van der Waals surface area (Å²) in [6, 6.07) is 6.59. The Morgan fingerprint density at radius 3 is 2.72 bits per heavy atom. The number of hydrogen-bond donors (Lipinski definition) is 1. The number of halogens is 1. The minimum absolute atomic E-state index is 0.0912. The Kier molecular flexibility index (Phi) is 4.65. The van der Waals surface area contributed by atoms with Gasteiger partial charge in [-0.2, -0.15) is 0 Å². The Balaban J connectivity index is 2.08. The van der Waals surface area contributed by atoms with Crippen molar-refractivity contribution in [3.05, 3.63) is 65.5 Å². The van der Waals surface area contributed by atoms with E-state index in [1.54, 1.807) is 25.1 Å². The predicted molar refractivity (Wildman–Crippen MR) is 96.5 cm³/mol. The number of aryl methyl sites for hydroxylation is 2. The Morgan fingerprint density at radius 1 is 1.20 bits per heavy atom. The van der Waals surface area contributed by atoms with Gasteiger partial charge in [-0.3, -0.25) is 0 Å². The topological polar surface area (TPSA) is 53.7 Å². The lowest BCUT2D eigenvalue weighted by atomic mass is 10.0. The summed E-state index contributed by atoms with van der Waals surface area (Å²) >= 11 is 0. The number of nitrogen functional groups attached to an aromatic ring is 1. The minimum Gasteiger partial charge on any atom is -0.486 e. The van der Waals surface area contributed by atoms with Gasteiger partial charge in [0.05, 0.1) is 5.56 Å². The Morgan fingerprint density at radius 2 is 1.96 bits per heavy atom. The molecule has 130 valence electrons. The van der Waals surface area contributed by atoms with Gasteiger partial charge >= 0.3 is 0 Å². The van der Waals surface area contributed by atoms with Crippen LogP contribution in [0.2, 0.25) is 0 Å². The predicted octanol–water partition coefficient (Wildman–Crippen LogP) is 4.40. The Labute approximate surface area is 146 Å². The molecule has 0 atom stereocenters. The van der Waals surface area contributed by atoms with E-state index in [0.29, 0.717) is 41.7 Å². The second kappa shape index (κ2) is 6.89. The fourth-order valence-electron chi connectivity index (χ4n) is 2.66. The van der Waals surface area contributed by atoms with Crippen LogP contribution in [0.1, 0.15) is 16.7 Å². The molecule has 0 aliphatic carbocycles. The highest BCUT2D eigenvalue weighted by molar-refractivity contribution is 5.74. The molecule has 0 radical (unpaired) electrons. The van der Waals surface area contributed by atoms with Gasteiger partial charge in [-0.05, 0) is 43.2 Å². The van der Waals surface area contributed by atoms with Crippen molar-refractivity contribution < 1.29 is 18.6 Å². The maximum Gasteiger partial charge on any atom is 0.172 e. The minimum atomic E-state index is -0.530. The van der Waals surface area contributed by atoms with Gasteiger partial charge in [-0.25, -0.2) is 4.39 Å². The van der Waals surface area contributed by atoms with Gasteiger partial charge in [-0.1, -0.05) is 18.7 Å². The molecule has 1 heterocycles. The van der Waals surface area contributed by atoms with E-state index in [2.05, 4.69) is 6.58 Å². The summed E-state index contributed by atoms with van der Waals surface area (Å²) in [6.45, 7) is 8.38. The summed E-state index contributed by atoms with van der Waals surface area (Å²) in [5, 5.41) is 0. The molecule has 0 spiro atoms. The van der Waals surface area contributed by atoms with Crippen molar-refractivity contribution in [3.63, 3.8) is 0 Å². The molecule has 0 amide bonds. The zero-order chi connectivity index (χ0) is 18.0. The standard InChI is InChI=1S/C20H20FNO3/c1-4-5-16(25-18-10-13(3)15(22)11-14(18)21)19-12(2)6-7-17-20(19)24-9-8-23-17/h4-7,10-11H,1,8-9,22H2,2-3H3/b16-5+. The molecule has 3 rings (SSSR count). The maximum absolute atomic E-state index is 14.3. The molecule has 1 aliphatic heterocycles. The van der Waals surface area contributed by atoms with Crippen LogP contribution in [-0.2, 0) is 0 Å². The van der Waals surface area contributed by atoms with Crippen LogP contribution in [0.25, 0.3) is 5.76 Å². The number of rotatable bonds is 4. The summed E-state index contributed by atoms with van der Waals surface area (Å²) in [5.41, 5.74) is 8.49. The van der Waals surface area contributed by atoms with E-state index in [1.165, 1.54) is 6.07 Å². The number of hydrogen-bond acceptors (Lipinski definition) is 4. The van der Waals surface area contributed by atoms with Crippen molar-refractivity contribution in [3.8, 4) is 17.2 Å². The largest absolute Gasteiger partial charge is 0.486 e. The third-order valence-electron chi connectivity index (χ3n) is 3.97. The van der Waals surface area contributed by atoms with E-state index in [4.69, 9.17) is 19.9 Å². The van der Waals surface area contributed by atoms with E-state index in [9.17, 15) is 4.39 Å². The van der Waals surface area contributed by atoms with Crippen LogP contribution in [0.5, 0.6) is 17.2 Å². The van der Waals surface area contributed by atoms with Gasteiger partial charge in [0.15, 0.2) is 23.1 Å². The van der Waals surface area contributed by atoms with Crippen LogP contribution in [0.3, 0.4) is 0 Å². The number of anilines is 1. The molecule has 0 fully saturated rings. The molecule has 5 heteroatoms. The zero-order valence-electron chi connectivity index (χ0n) is 14.3. The molecular formula is C20H20FNO3. The molecule has 0 aromatic heterocycles. The SMILES string of the molecule is C=C/C=C(/Oc1cc(C)c(N)cc1F)c1c(C)ccc2c1OCCO2. The average molecular weight is 341 g/mol. The lowest BCUT2D eigenvalue weighted by Crippen LogP contribution is -2.17. The van der Waals surface area contributed by atoms with Crippen molar-refractivity contribution in [1.82, 2.24) is 0 Å². The highest BCUT2D eigenvalue weighted by Gasteiger charge is 2.22. The Bertz CT molecular complexity index is 859. The molecular weight excluding hydrogens is 321 g/mol. The summed E-state index contributed by atoms with van der Waals surface area (Å²) in [4.78, 5) is 0. The van der Waals surface area contributed by atoms with Crippen LogP contribution in [0.15, 0.2) is 43.0 Å². The molecule has 25 heavy (non-hydrogen) atoms. The first-order chi connectivity index (χ1) is 12.0. The molecule has 2 aromatic rings. The fourth-order valence-corrected chi connectivity index (χ4v) is 2.66. The van der Waals surface area contributed by atoms with Gasteiger partial charge in [0, 0.05) is 11.8 Å². The molecule has 0 saturated carbocycles. The smallest absolute Gasteiger partial charge is 0.172 e. The normalized spacial score (nSPS) is 13.5. The number of nitrogens with two attached hydrogens (primary N) is 1. The van der Waals surface area contributed by atoms with Crippen molar-refractivity contribution in [1.29, 1.82) is 0 Å². The quantitative estimate of drug-likeness (QED) is 0.509. The molecule has 2 N–H and O–H groups in total. The summed E-state index contributed by atoms with van der Waals surface area (Å²) in [5.74, 6) is 1.22. The van der Waals surface area contributed by atoms with E-state index < -0.39 is 5.82 Å². The number of ether oxygens (including phenoxy) is 3. The number of benzene rings is 2. The van der Waals surface area contributed by atoms with E-state index in [1.807, 2.05) is 19.1 Å². The molecule has 0 saturated heterocycles. The molecule has 0 unspecified atom stereocenters. The molecule has 0 bridgehead atoms. The number of allylic oxidation sites excluding steroid dienone is 2. The van der Waals surface area contributed by atoms with Gasteiger partial charge in [0.1, 0.15) is 19.0 Å². The lowest BCUT2D eigenvalue weighted by Gasteiger charge is -2.23. The van der Waals surface area contributed by atoms with Crippen LogP contribution >= 0.6 is 0 Å². The fraction of sp³-hybridized carbons (Fsp3) is 0.200. The summed E-state index contributed by atoms with van der Waals surface area (Å²) in [6.07, 6.45) is 3.26. The van der Waals surface area contributed by atoms with E-state index in [-0.39, 0.29) is 5.75 Å². The molecule has 2 aromatic carbocycles. The maximum atomic E-state index is 14.3. The molecule has 1 aliphatic rings. The first-order valence-corrected chi connectivity index (χ1v) is 7.97. The lowest BCUT2D eigenvalue weighted by molar-refractivity contribution is 0.170. The van der Waals surface area contributed by atoms with Crippen LogP contribution in [-0.4, -0.2) is 13.2 Å². The van der Waals surface area contributed by atoms with Crippen molar-refractivity contribution >= 4 is 11.4 Å². The Hall–Kier alpha value is -2.95. The monoisotopic (exact) mass is 341 g/mol. The first-order valence-electron chi connectivity index (χ1n) is 7.97. The van der Waals surface area contributed by atoms with Crippen molar-refractivity contribution in [2.45, 2.75) is 13.8 Å². The van der Waals surface area contributed by atoms with Gasteiger partial charge in [-0.15, -0.1) is 0 Å². The first kappa shape index (κ1) is 16.9. The van der Waals surface area contributed by atoms with Crippen LogP contribution < -0.4 is 19.9 Å². The highest BCUT2D eigenvalue weighted by atomic mass is 19.1. The van der Waals surface area contributed by atoms with Gasteiger partial charge in [0.25, 0.3) is 0 Å². The third kappa shape index (κ3) is 3.31. The van der Waals surface area contributed by atoms with Gasteiger partial charge in [0.2, 0.25) is 0 Å². The average Bonchev–Trinajstić information content (AvgIpc) is 2.59. The second-order valence-electron chi connectivity index (χ2n) is 5.79. The van der Waals surface area contributed by atoms with Crippen LogP contribution in [0.4, 0.5) is 10.1 Å².